The lowest BCUT2D eigenvalue weighted by Crippen LogP contribution is -2.49. The molecule has 2 aromatic rings. The lowest BCUT2D eigenvalue weighted by Gasteiger charge is -2.41. The van der Waals surface area contributed by atoms with Crippen molar-refractivity contribution in [3.8, 4) is 0 Å². The number of carbonyl (C=O) groups excluding carboxylic acids is 2. The molecule has 1 heterocycles. The van der Waals surface area contributed by atoms with E-state index in [1.807, 2.05) is 12.1 Å². The third kappa shape index (κ3) is 5.50. The van der Waals surface area contributed by atoms with Gasteiger partial charge in [-0.25, -0.2) is 0 Å². The zero-order valence-electron chi connectivity index (χ0n) is 15.9. The Labute approximate surface area is 183 Å². The van der Waals surface area contributed by atoms with E-state index in [1.165, 1.54) is 4.90 Å². The Morgan fingerprint density at radius 1 is 1.03 bits per heavy atom. The van der Waals surface area contributed by atoms with Crippen LogP contribution in [0.15, 0.2) is 48.5 Å². The van der Waals surface area contributed by atoms with Crippen molar-refractivity contribution in [3.63, 3.8) is 0 Å². The summed E-state index contributed by atoms with van der Waals surface area (Å²) in [5.74, 6) is -1.80. The first-order valence-electron chi connectivity index (χ1n) is 9.25. The summed E-state index contributed by atoms with van der Waals surface area (Å²) < 4.78 is 5.86. The van der Waals surface area contributed by atoms with Gasteiger partial charge in [0.25, 0.3) is 0 Å². The maximum Gasteiger partial charge on any atom is 0.305 e. The molecule has 1 aliphatic heterocycles. The van der Waals surface area contributed by atoms with Gasteiger partial charge in [0.1, 0.15) is 19.3 Å². The van der Waals surface area contributed by atoms with Gasteiger partial charge in [-0.1, -0.05) is 47.5 Å². The maximum absolute atomic E-state index is 12.7. The third-order valence-corrected chi connectivity index (χ3v) is 5.22. The predicted molar refractivity (Wildman–Crippen MR) is 111 cm³/mol. The van der Waals surface area contributed by atoms with Gasteiger partial charge in [0, 0.05) is 16.6 Å². The Morgan fingerprint density at radius 3 is 2.17 bits per heavy atom. The summed E-state index contributed by atoms with van der Waals surface area (Å²) in [6.07, 6.45) is -0.718. The van der Waals surface area contributed by atoms with Crippen LogP contribution in [0, 0.1) is 0 Å². The molecule has 0 aromatic heterocycles. The molecule has 1 fully saturated rings. The summed E-state index contributed by atoms with van der Waals surface area (Å²) in [4.78, 5) is 37.2. The van der Waals surface area contributed by atoms with E-state index in [0.29, 0.717) is 10.0 Å². The van der Waals surface area contributed by atoms with Crippen LogP contribution in [-0.4, -0.2) is 47.5 Å². The largest absolute Gasteiger partial charge is 0.481 e. The van der Waals surface area contributed by atoms with Crippen LogP contribution >= 0.6 is 23.2 Å². The van der Waals surface area contributed by atoms with Gasteiger partial charge in [0.05, 0.1) is 12.5 Å². The lowest BCUT2D eigenvalue weighted by molar-refractivity contribution is -0.161. The molecule has 0 bridgehead atoms. The minimum absolute atomic E-state index is 0.0150. The fourth-order valence-corrected chi connectivity index (χ4v) is 3.56. The van der Waals surface area contributed by atoms with E-state index >= 15 is 0 Å². The standard InChI is InChI=1S/C21H20Cl2N2O5/c22-15-5-1-13(2-6-15)20-21(14-3-7-16(23)8-4-14)30-12-18(27)25(20)11-17(26)24-10-9-19(28)29/h1-8,20-21H,9-12H2,(H,24,26)(H,28,29). The van der Waals surface area contributed by atoms with Crippen molar-refractivity contribution in [2.24, 2.45) is 0 Å². The van der Waals surface area contributed by atoms with Gasteiger partial charge < -0.3 is 20.1 Å². The monoisotopic (exact) mass is 450 g/mol. The van der Waals surface area contributed by atoms with E-state index in [9.17, 15) is 14.4 Å². The molecule has 0 aliphatic carbocycles. The Bertz CT molecular complexity index is 918. The molecule has 0 saturated carbocycles. The number of benzene rings is 2. The summed E-state index contributed by atoms with van der Waals surface area (Å²) in [5.41, 5.74) is 1.56. The van der Waals surface area contributed by atoms with E-state index < -0.39 is 24.0 Å². The summed E-state index contributed by atoms with van der Waals surface area (Å²) >= 11 is 12.0. The molecule has 7 nitrogen and oxygen atoms in total. The summed E-state index contributed by atoms with van der Waals surface area (Å²) in [5, 5.41) is 12.4. The van der Waals surface area contributed by atoms with Crippen molar-refractivity contribution in [2.45, 2.75) is 18.6 Å². The quantitative estimate of drug-likeness (QED) is 0.674. The Morgan fingerprint density at radius 2 is 1.60 bits per heavy atom. The SMILES string of the molecule is O=C(O)CCNC(=O)CN1C(=O)COC(c2ccc(Cl)cc2)C1c1ccc(Cl)cc1. The van der Waals surface area contributed by atoms with Crippen molar-refractivity contribution < 1.29 is 24.2 Å². The first-order chi connectivity index (χ1) is 14.3. The second kappa shape index (κ2) is 9.93. The van der Waals surface area contributed by atoms with Crippen LogP contribution in [0.25, 0.3) is 0 Å². The van der Waals surface area contributed by atoms with Gasteiger partial charge in [-0.3, -0.25) is 14.4 Å². The number of ether oxygens (including phenoxy) is 1. The molecule has 9 heteroatoms. The fourth-order valence-electron chi connectivity index (χ4n) is 3.31. The number of halogens is 2. The van der Waals surface area contributed by atoms with Crippen LogP contribution < -0.4 is 5.32 Å². The number of rotatable bonds is 7. The number of aliphatic carboxylic acids is 1. The van der Waals surface area contributed by atoms with Gasteiger partial charge in [-0.2, -0.15) is 0 Å². The minimum atomic E-state index is -1.01. The molecule has 2 amide bonds. The number of carbonyl (C=O) groups is 3. The van der Waals surface area contributed by atoms with Gasteiger partial charge in [-0.05, 0) is 35.4 Å². The van der Waals surface area contributed by atoms with E-state index in [4.69, 9.17) is 33.0 Å². The van der Waals surface area contributed by atoms with Gasteiger partial charge in [0.15, 0.2) is 0 Å². The third-order valence-electron chi connectivity index (χ3n) is 4.71. The van der Waals surface area contributed by atoms with Crippen LogP contribution in [0.4, 0.5) is 0 Å². The van der Waals surface area contributed by atoms with Crippen molar-refractivity contribution in [2.75, 3.05) is 19.7 Å². The van der Waals surface area contributed by atoms with Gasteiger partial charge in [0.2, 0.25) is 11.8 Å². The number of hydrogen-bond acceptors (Lipinski definition) is 4. The molecule has 158 valence electrons. The Kier molecular flexibility index (Phi) is 7.31. The molecule has 2 N–H and O–H groups in total. The molecule has 1 saturated heterocycles. The second-order valence-electron chi connectivity index (χ2n) is 6.79. The molecule has 1 aliphatic rings. The summed E-state index contributed by atoms with van der Waals surface area (Å²) in [6.45, 7) is -0.419. The van der Waals surface area contributed by atoms with Crippen molar-refractivity contribution in [3.05, 3.63) is 69.7 Å². The van der Waals surface area contributed by atoms with E-state index in [1.54, 1.807) is 36.4 Å². The number of carboxylic acids is 1. The molecule has 30 heavy (non-hydrogen) atoms. The predicted octanol–water partition coefficient (Wildman–Crippen LogP) is 3.23. The average Bonchev–Trinajstić information content (AvgIpc) is 2.71. The first kappa shape index (κ1) is 22.1. The topological polar surface area (TPSA) is 95.9 Å². The smallest absolute Gasteiger partial charge is 0.305 e. The number of nitrogens with one attached hydrogen (secondary N) is 1. The Balaban J connectivity index is 1.89. The number of morpholine rings is 1. The molecule has 3 rings (SSSR count). The molecule has 0 radical (unpaired) electrons. The molecular formula is C21H20Cl2N2O5. The minimum Gasteiger partial charge on any atom is -0.481 e. The van der Waals surface area contributed by atoms with E-state index in [-0.39, 0.29) is 32.0 Å². The normalized spacial score (nSPS) is 18.9. The highest BCUT2D eigenvalue weighted by Gasteiger charge is 2.39. The van der Waals surface area contributed by atoms with Gasteiger partial charge >= 0.3 is 5.97 Å². The molecule has 0 spiro atoms. The fraction of sp³-hybridized carbons (Fsp3) is 0.286. The van der Waals surface area contributed by atoms with Crippen LogP contribution in [0.2, 0.25) is 10.0 Å². The lowest BCUT2D eigenvalue weighted by atomic mass is 9.92. The highest BCUT2D eigenvalue weighted by atomic mass is 35.5. The van der Waals surface area contributed by atoms with Gasteiger partial charge in [-0.15, -0.1) is 0 Å². The number of hydrogen-bond donors (Lipinski definition) is 2. The average molecular weight is 451 g/mol. The molecular weight excluding hydrogens is 431 g/mol. The number of carboxylic acid groups (broad SMARTS) is 1. The summed E-state index contributed by atoms with van der Waals surface area (Å²) in [7, 11) is 0. The molecule has 2 unspecified atom stereocenters. The molecule has 2 aromatic carbocycles. The van der Waals surface area contributed by atoms with Crippen molar-refractivity contribution >= 4 is 41.0 Å². The zero-order chi connectivity index (χ0) is 21.7. The van der Waals surface area contributed by atoms with Crippen molar-refractivity contribution in [1.82, 2.24) is 10.2 Å². The number of nitrogens with zero attached hydrogens (tertiary/aromatic N) is 1. The van der Waals surface area contributed by atoms with Crippen LogP contribution in [0.1, 0.15) is 29.7 Å². The van der Waals surface area contributed by atoms with Crippen LogP contribution in [0.5, 0.6) is 0 Å². The number of amides is 2. The highest BCUT2D eigenvalue weighted by Crippen LogP contribution is 2.40. The van der Waals surface area contributed by atoms with Crippen LogP contribution in [-0.2, 0) is 19.1 Å². The second-order valence-corrected chi connectivity index (χ2v) is 7.67. The zero-order valence-corrected chi connectivity index (χ0v) is 17.4. The maximum atomic E-state index is 12.7. The summed E-state index contributed by atoms with van der Waals surface area (Å²) in [6, 6.07) is 13.5. The van der Waals surface area contributed by atoms with E-state index in [2.05, 4.69) is 5.32 Å². The van der Waals surface area contributed by atoms with E-state index in [0.717, 1.165) is 11.1 Å². The highest BCUT2D eigenvalue weighted by molar-refractivity contribution is 6.30. The van der Waals surface area contributed by atoms with Crippen LogP contribution in [0.3, 0.4) is 0 Å². The Hall–Kier alpha value is -2.61. The van der Waals surface area contributed by atoms with Crippen molar-refractivity contribution in [1.29, 1.82) is 0 Å². The molecule has 2 atom stereocenters. The first-order valence-corrected chi connectivity index (χ1v) is 10.0.